The Morgan fingerprint density at radius 3 is 2.48 bits per heavy atom. The summed E-state index contributed by atoms with van der Waals surface area (Å²) in [5.74, 6) is 0.485. The van der Waals surface area contributed by atoms with E-state index in [2.05, 4.69) is 26.5 Å². The van der Waals surface area contributed by atoms with Gasteiger partial charge in [-0.25, -0.2) is 5.43 Å². The SMILES string of the molecule is CCOc1ccc(C(=O)N/N=C/c2ccc(Br)cc2)cc1. The Balaban J connectivity index is 1.93. The number of carbonyl (C=O) groups excluding carboxylic acids is 1. The molecule has 1 amide bonds. The summed E-state index contributed by atoms with van der Waals surface area (Å²) < 4.78 is 6.32. The monoisotopic (exact) mass is 346 g/mol. The summed E-state index contributed by atoms with van der Waals surface area (Å²) in [6, 6.07) is 14.6. The van der Waals surface area contributed by atoms with Gasteiger partial charge in [-0.3, -0.25) is 4.79 Å². The number of ether oxygens (including phenoxy) is 1. The quantitative estimate of drug-likeness (QED) is 0.664. The lowest BCUT2D eigenvalue weighted by Crippen LogP contribution is -2.17. The summed E-state index contributed by atoms with van der Waals surface area (Å²) in [6.07, 6.45) is 1.60. The van der Waals surface area contributed by atoms with Gasteiger partial charge in [-0.15, -0.1) is 0 Å². The molecule has 0 bridgehead atoms. The molecule has 21 heavy (non-hydrogen) atoms. The summed E-state index contributed by atoms with van der Waals surface area (Å²) in [4.78, 5) is 11.9. The molecule has 0 aromatic heterocycles. The molecule has 2 rings (SSSR count). The van der Waals surface area contributed by atoms with E-state index < -0.39 is 0 Å². The van der Waals surface area contributed by atoms with E-state index in [4.69, 9.17) is 4.74 Å². The molecule has 0 atom stereocenters. The third-order valence-corrected chi connectivity index (χ3v) is 3.21. The van der Waals surface area contributed by atoms with Gasteiger partial charge in [0.2, 0.25) is 0 Å². The minimum absolute atomic E-state index is 0.258. The van der Waals surface area contributed by atoms with Crippen molar-refractivity contribution < 1.29 is 9.53 Å². The second-order valence-electron chi connectivity index (χ2n) is 4.21. The van der Waals surface area contributed by atoms with Crippen molar-refractivity contribution in [2.75, 3.05) is 6.61 Å². The molecule has 0 radical (unpaired) electrons. The molecule has 0 spiro atoms. The van der Waals surface area contributed by atoms with Crippen molar-refractivity contribution in [2.45, 2.75) is 6.92 Å². The number of hydrogen-bond acceptors (Lipinski definition) is 3. The predicted molar refractivity (Wildman–Crippen MR) is 86.8 cm³/mol. The van der Waals surface area contributed by atoms with Gasteiger partial charge in [0.15, 0.2) is 0 Å². The highest BCUT2D eigenvalue weighted by atomic mass is 79.9. The van der Waals surface area contributed by atoms with Crippen molar-refractivity contribution in [3.05, 3.63) is 64.1 Å². The molecule has 0 saturated carbocycles. The lowest BCUT2D eigenvalue weighted by Gasteiger charge is -2.04. The summed E-state index contributed by atoms with van der Waals surface area (Å²) in [7, 11) is 0. The van der Waals surface area contributed by atoms with Crippen LogP contribution in [0.15, 0.2) is 58.1 Å². The maximum atomic E-state index is 11.9. The van der Waals surface area contributed by atoms with Gasteiger partial charge in [-0.2, -0.15) is 5.10 Å². The molecule has 0 aliphatic rings. The van der Waals surface area contributed by atoms with Crippen LogP contribution in [0.2, 0.25) is 0 Å². The Kier molecular flexibility index (Phi) is 5.51. The van der Waals surface area contributed by atoms with E-state index in [1.165, 1.54) is 0 Å². The van der Waals surface area contributed by atoms with Crippen molar-refractivity contribution in [3.63, 3.8) is 0 Å². The van der Waals surface area contributed by atoms with Crippen LogP contribution < -0.4 is 10.2 Å². The highest BCUT2D eigenvalue weighted by molar-refractivity contribution is 9.10. The molecular formula is C16H15BrN2O2. The van der Waals surface area contributed by atoms with Crippen LogP contribution in [-0.2, 0) is 0 Å². The molecule has 108 valence electrons. The van der Waals surface area contributed by atoms with E-state index in [0.29, 0.717) is 12.2 Å². The number of amides is 1. The van der Waals surface area contributed by atoms with Crippen LogP contribution in [0.3, 0.4) is 0 Å². The summed E-state index contributed by atoms with van der Waals surface area (Å²) in [5, 5.41) is 3.94. The number of hydrogen-bond donors (Lipinski definition) is 1. The molecule has 0 aliphatic carbocycles. The summed E-state index contributed by atoms with van der Waals surface area (Å²) >= 11 is 3.36. The Morgan fingerprint density at radius 2 is 1.86 bits per heavy atom. The minimum atomic E-state index is -0.258. The molecule has 0 fully saturated rings. The van der Waals surface area contributed by atoms with Crippen LogP contribution in [-0.4, -0.2) is 18.7 Å². The topological polar surface area (TPSA) is 50.7 Å². The first-order valence-corrected chi connectivity index (χ1v) is 7.30. The lowest BCUT2D eigenvalue weighted by molar-refractivity contribution is 0.0955. The molecule has 0 saturated heterocycles. The van der Waals surface area contributed by atoms with Gasteiger partial charge in [0.05, 0.1) is 12.8 Å². The Labute approximate surface area is 132 Å². The minimum Gasteiger partial charge on any atom is -0.494 e. The Morgan fingerprint density at radius 1 is 1.19 bits per heavy atom. The number of carbonyl (C=O) groups is 1. The molecule has 0 unspecified atom stereocenters. The number of nitrogens with one attached hydrogen (secondary N) is 1. The molecular weight excluding hydrogens is 332 g/mol. The maximum absolute atomic E-state index is 11.9. The first kappa shape index (κ1) is 15.3. The van der Waals surface area contributed by atoms with Gasteiger partial charge < -0.3 is 4.74 Å². The fraction of sp³-hybridized carbons (Fsp3) is 0.125. The largest absolute Gasteiger partial charge is 0.494 e. The zero-order valence-electron chi connectivity index (χ0n) is 11.5. The number of benzene rings is 2. The number of nitrogens with zero attached hydrogens (tertiary/aromatic N) is 1. The molecule has 0 heterocycles. The van der Waals surface area contributed by atoms with Gasteiger partial charge in [0, 0.05) is 10.0 Å². The second-order valence-corrected chi connectivity index (χ2v) is 5.12. The molecule has 4 nitrogen and oxygen atoms in total. The fourth-order valence-corrected chi connectivity index (χ4v) is 1.91. The van der Waals surface area contributed by atoms with Crippen molar-refractivity contribution in [1.29, 1.82) is 0 Å². The normalized spacial score (nSPS) is 10.6. The molecule has 0 aliphatic heterocycles. The maximum Gasteiger partial charge on any atom is 0.271 e. The standard InChI is InChI=1S/C16H15BrN2O2/c1-2-21-15-9-5-13(6-10-15)16(20)19-18-11-12-3-7-14(17)8-4-12/h3-11H,2H2,1H3,(H,19,20)/b18-11+. The van der Waals surface area contributed by atoms with Crippen LogP contribution in [0, 0.1) is 0 Å². The highest BCUT2D eigenvalue weighted by Gasteiger charge is 2.03. The predicted octanol–water partition coefficient (Wildman–Crippen LogP) is 3.61. The summed E-state index contributed by atoms with van der Waals surface area (Å²) in [6.45, 7) is 2.51. The highest BCUT2D eigenvalue weighted by Crippen LogP contribution is 2.12. The zero-order valence-corrected chi connectivity index (χ0v) is 13.1. The van der Waals surface area contributed by atoms with Crippen LogP contribution in [0.5, 0.6) is 5.75 Å². The Hall–Kier alpha value is -2.14. The van der Waals surface area contributed by atoms with Crippen LogP contribution in [0.1, 0.15) is 22.8 Å². The van der Waals surface area contributed by atoms with Crippen molar-refractivity contribution >= 4 is 28.1 Å². The average Bonchev–Trinajstić information content (AvgIpc) is 2.50. The first-order chi connectivity index (χ1) is 10.2. The van der Waals surface area contributed by atoms with Crippen molar-refractivity contribution in [2.24, 2.45) is 5.10 Å². The molecule has 2 aromatic rings. The first-order valence-electron chi connectivity index (χ1n) is 6.51. The lowest BCUT2D eigenvalue weighted by atomic mass is 10.2. The zero-order chi connectivity index (χ0) is 15.1. The molecule has 2 aromatic carbocycles. The summed E-state index contributed by atoms with van der Waals surface area (Å²) in [5.41, 5.74) is 3.93. The number of rotatable bonds is 5. The van der Waals surface area contributed by atoms with Gasteiger partial charge in [-0.1, -0.05) is 28.1 Å². The van der Waals surface area contributed by atoms with Gasteiger partial charge in [0.25, 0.3) is 5.91 Å². The third-order valence-electron chi connectivity index (χ3n) is 2.68. The van der Waals surface area contributed by atoms with Gasteiger partial charge in [-0.05, 0) is 48.9 Å². The van der Waals surface area contributed by atoms with Gasteiger partial charge >= 0.3 is 0 Å². The van der Waals surface area contributed by atoms with Crippen LogP contribution in [0.25, 0.3) is 0 Å². The van der Waals surface area contributed by atoms with E-state index >= 15 is 0 Å². The fourth-order valence-electron chi connectivity index (χ4n) is 1.65. The smallest absolute Gasteiger partial charge is 0.271 e. The van der Waals surface area contributed by atoms with Crippen molar-refractivity contribution in [3.8, 4) is 5.75 Å². The molecule has 1 N–H and O–H groups in total. The Bertz CT molecular complexity index is 622. The second kappa shape index (κ2) is 7.59. The van der Waals surface area contributed by atoms with Crippen molar-refractivity contribution in [1.82, 2.24) is 5.43 Å². The van der Waals surface area contributed by atoms with Crippen LogP contribution >= 0.6 is 15.9 Å². The van der Waals surface area contributed by atoms with Gasteiger partial charge in [0.1, 0.15) is 5.75 Å². The van der Waals surface area contributed by atoms with Crippen LogP contribution in [0.4, 0.5) is 0 Å². The van der Waals surface area contributed by atoms with E-state index in [1.807, 2.05) is 31.2 Å². The average molecular weight is 347 g/mol. The van der Waals surface area contributed by atoms with E-state index in [9.17, 15) is 4.79 Å². The van der Waals surface area contributed by atoms with E-state index in [1.54, 1.807) is 30.5 Å². The van der Waals surface area contributed by atoms with E-state index in [0.717, 1.165) is 15.8 Å². The molecule has 5 heteroatoms. The van der Waals surface area contributed by atoms with E-state index in [-0.39, 0.29) is 5.91 Å². The number of hydrazone groups is 1. The number of halogens is 1. The third kappa shape index (κ3) is 4.72.